The number of tetrazole rings is 1. The van der Waals surface area contributed by atoms with Gasteiger partial charge in [0.25, 0.3) is 0 Å². The van der Waals surface area contributed by atoms with Crippen molar-refractivity contribution in [2.75, 3.05) is 0 Å². The van der Waals surface area contributed by atoms with Gasteiger partial charge in [0.15, 0.2) is 0 Å². The van der Waals surface area contributed by atoms with Crippen molar-refractivity contribution in [3.8, 4) is 0 Å². The summed E-state index contributed by atoms with van der Waals surface area (Å²) >= 11 is -0.252. The van der Waals surface area contributed by atoms with E-state index < -0.39 is 9.85 Å². The molecule has 0 aliphatic heterocycles. The zero-order chi connectivity index (χ0) is 18.5. The van der Waals surface area contributed by atoms with Crippen LogP contribution in [0, 0.1) is 20.2 Å². The fourth-order valence-corrected chi connectivity index (χ4v) is 3.69. The van der Waals surface area contributed by atoms with Crippen LogP contribution in [0.15, 0.2) is 48.5 Å². The summed E-state index contributed by atoms with van der Waals surface area (Å²) in [6.45, 7) is 0.492. The van der Waals surface area contributed by atoms with Gasteiger partial charge in [0.05, 0.1) is 0 Å². The molecule has 0 fully saturated rings. The molecule has 0 aliphatic carbocycles. The van der Waals surface area contributed by atoms with Crippen molar-refractivity contribution in [1.82, 2.24) is 20.2 Å². The van der Waals surface area contributed by atoms with Gasteiger partial charge in [-0.2, -0.15) is 0 Å². The van der Waals surface area contributed by atoms with E-state index in [1.165, 1.54) is 16.9 Å². The quantitative estimate of drug-likeness (QED) is 0.318. The Bertz CT molecular complexity index is 914. The first-order chi connectivity index (χ1) is 12.5. The van der Waals surface area contributed by atoms with Gasteiger partial charge in [-0.25, -0.2) is 0 Å². The first-order valence-corrected chi connectivity index (χ1v) is 9.45. The van der Waals surface area contributed by atoms with Crippen molar-refractivity contribution in [3.05, 3.63) is 79.9 Å². The fourth-order valence-electron chi connectivity index (χ4n) is 2.20. The van der Waals surface area contributed by atoms with Gasteiger partial charge in [-0.1, -0.05) is 0 Å². The van der Waals surface area contributed by atoms with Crippen LogP contribution in [0.25, 0.3) is 0 Å². The first kappa shape index (κ1) is 17.6. The molecule has 3 rings (SSSR count). The Morgan fingerprint density at radius 3 is 2.23 bits per heavy atom. The van der Waals surface area contributed by atoms with Crippen LogP contribution < -0.4 is 4.72 Å². The molecule has 0 spiro atoms. The van der Waals surface area contributed by atoms with Crippen LogP contribution in [0.1, 0.15) is 11.1 Å². The number of benzene rings is 2. The standard InChI is InChI=1S/C15H12N6O4Se/c22-20(23)13-6-12(7-14(8-13)21(24)25)10-26-15-16-18-19(17-15)9-11-4-2-1-3-5-11/h1-8H,9-10H2. The molecule has 0 unspecified atom stereocenters. The van der Waals surface area contributed by atoms with Crippen LogP contribution in [0.3, 0.4) is 0 Å². The molecule has 0 aliphatic rings. The van der Waals surface area contributed by atoms with E-state index in [2.05, 4.69) is 15.4 Å². The third-order valence-corrected chi connectivity index (χ3v) is 5.24. The summed E-state index contributed by atoms with van der Waals surface area (Å²) in [4.78, 5) is 22.1. The maximum atomic E-state index is 10.9. The van der Waals surface area contributed by atoms with Crippen LogP contribution in [-0.4, -0.2) is 45.0 Å². The van der Waals surface area contributed by atoms with Gasteiger partial charge < -0.3 is 0 Å². The molecule has 26 heavy (non-hydrogen) atoms. The molecular formula is C15H12N6O4Se. The van der Waals surface area contributed by atoms with Gasteiger partial charge in [-0.3, -0.25) is 0 Å². The van der Waals surface area contributed by atoms with Crippen molar-refractivity contribution < 1.29 is 9.85 Å². The number of nitrogens with zero attached hydrogens (tertiary/aromatic N) is 6. The molecule has 0 N–H and O–H groups in total. The number of hydrogen-bond donors (Lipinski definition) is 0. The second-order valence-corrected chi connectivity index (χ2v) is 7.23. The van der Waals surface area contributed by atoms with E-state index in [1.54, 1.807) is 0 Å². The third kappa shape index (κ3) is 4.46. The van der Waals surface area contributed by atoms with Crippen molar-refractivity contribution in [2.24, 2.45) is 0 Å². The topological polar surface area (TPSA) is 130 Å². The van der Waals surface area contributed by atoms with Gasteiger partial charge in [0.2, 0.25) is 0 Å². The molecule has 0 saturated carbocycles. The monoisotopic (exact) mass is 420 g/mol. The summed E-state index contributed by atoms with van der Waals surface area (Å²) in [7, 11) is 0. The van der Waals surface area contributed by atoms with Crippen LogP contribution in [0.2, 0.25) is 0 Å². The van der Waals surface area contributed by atoms with Crippen molar-refractivity contribution in [1.29, 1.82) is 0 Å². The van der Waals surface area contributed by atoms with Crippen molar-refractivity contribution >= 4 is 31.1 Å². The van der Waals surface area contributed by atoms with Gasteiger partial charge in [-0.15, -0.1) is 0 Å². The Kier molecular flexibility index (Phi) is 5.30. The molecule has 132 valence electrons. The molecule has 1 heterocycles. The zero-order valence-electron chi connectivity index (χ0n) is 13.3. The number of nitro groups is 2. The molecule has 0 atom stereocenters. The molecule has 10 nitrogen and oxygen atoms in total. The Hall–Kier alpha value is -3.17. The predicted molar refractivity (Wildman–Crippen MR) is 92.2 cm³/mol. The SMILES string of the molecule is O=[N+]([O-])c1cc(C[Se]c2nnn(Cc3ccccc3)n2)cc([N+](=O)[O-])c1. The molecule has 0 radical (unpaired) electrons. The molecule has 0 amide bonds. The molecule has 1 aromatic heterocycles. The average molecular weight is 419 g/mol. The van der Waals surface area contributed by atoms with Gasteiger partial charge in [-0.05, 0) is 0 Å². The minimum atomic E-state index is -0.641. The Morgan fingerprint density at radius 2 is 1.62 bits per heavy atom. The van der Waals surface area contributed by atoms with Crippen LogP contribution in [-0.2, 0) is 11.9 Å². The van der Waals surface area contributed by atoms with Gasteiger partial charge in [0, 0.05) is 0 Å². The van der Waals surface area contributed by atoms with E-state index in [9.17, 15) is 20.2 Å². The predicted octanol–water partition coefficient (Wildman–Crippen LogP) is 1.07. The summed E-state index contributed by atoms with van der Waals surface area (Å²) < 4.78 is 0.530. The second kappa shape index (κ2) is 7.81. The number of non-ortho nitro benzene ring substituents is 2. The maximum absolute atomic E-state index is 10.9. The zero-order valence-corrected chi connectivity index (χ0v) is 15.0. The average Bonchev–Trinajstić information content (AvgIpc) is 3.08. The molecule has 0 bridgehead atoms. The van der Waals surface area contributed by atoms with Crippen molar-refractivity contribution in [3.63, 3.8) is 0 Å². The summed E-state index contributed by atoms with van der Waals surface area (Å²) in [6.07, 6.45) is 0. The summed E-state index contributed by atoms with van der Waals surface area (Å²) in [5.41, 5.74) is 0.944. The summed E-state index contributed by atoms with van der Waals surface area (Å²) in [5.74, 6) is 0. The fraction of sp³-hybridized carbons (Fsp3) is 0.133. The number of hydrogen-bond acceptors (Lipinski definition) is 7. The molecule has 2 aromatic carbocycles. The van der Waals surface area contributed by atoms with E-state index in [0.717, 1.165) is 11.6 Å². The molecule has 0 saturated heterocycles. The van der Waals surface area contributed by atoms with E-state index in [1.807, 2.05) is 30.3 Å². The van der Waals surface area contributed by atoms with Crippen LogP contribution in [0.4, 0.5) is 11.4 Å². The van der Waals surface area contributed by atoms with Crippen LogP contribution in [0.5, 0.6) is 0 Å². The Morgan fingerprint density at radius 1 is 0.962 bits per heavy atom. The van der Waals surface area contributed by atoms with E-state index in [0.29, 0.717) is 22.2 Å². The normalized spacial score (nSPS) is 10.6. The van der Waals surface area contributed by atoms with Gasteiger partial charge in [0.1, 0.15) is 0 Å². The number of rotatable bonds is 7. The third-order valence-electron chi connectivity index (χ3n) is 3.35. The number of aromatic nitrogens is 4. The van der Waals surface area contributed by atoms with E-state index in [-0.39, 0.29) is 26.3 Å². The second-order valence-electron chi connectivity index (χ2n) is 5.25. The summed E-state index contributed by atoms with van der Waals surface area (Å²) in [5, 5.41) is 34.5. The van der Waals surface area contributed by atoms with E-state index >= 15 is 0 Å². The molecule has 3 aromatic rings. The van der Waals surface area contributed by atoms with E-state index in [4.69, 9.17) is 0 Å². The Labute approximate surface area is 153 Å². The summed E-state index contributed by atoms with van der Waals surface area (Å²) in [6, 6.07) is 13.3. The van der Waals surface area contributed by atoms with Crippen molar-refractivity contribution in [2.45, 2.75) is 11.9 Å². The first-order valence-electron chi connectivity index (χ1n) is 7.38. The van der Waals surface area contributed by atoms with Crippen LogP contribution >= 0.6 is 0 Å². The molecule has 11 heteroatoms. The molecular weight excluding hydrogens is 407 g/mol. The van der Waals surface area contributed by atoms with Gasteiger partial charge >= 0.3 is 153 Å². The minimum absolute atomic E-state index is 0.252. The number of nitro benzene ring substituents is 2. The Balaban J connectivity index is 1.69.